The number of nitrogens with zero attached hydrogens (tertiary/aromatic N) is 3. The molecule has 10 heteroatoms. The van der Waals surface area contributed by atoms with Crippen molar-refractivity contribution in [1.29, 1.82) is 5.26 Å². The minimum absolute atomic E-state index is 0.0119. The average Bonchev–Trinajstić information content (AvgIpc) is 2.85. The minimum Gasteiger partial charge on any atom is -0.343 e. The van der Waals surface area contributed by atoms with Crippen LogP contribution in [0.3, 0.4) is 0 Å². The first kappa shape index (κ1) is 22.4. The summed E-state index contributed by atoms with van der Waals surface area (Å²) >= 11 is 0. The predicted octanol–water partition coefficient (Wildman–Crippen LogP) is 2.89. The molecule has 3 aromatic rings. The van der Waals surface area contributed by atoms with E-state index in [0.29, 0.717) is 23.7 Å². The Morgan fingerprint density at radius 2 is 1.94 bits per heavy atom. The van der Waals surface area contributed by atoms with Gasteiger partial charge in [-0.1, -0.05) is 12.1 Å². The number of alkyl halides is 2. The van der Waals surface area contributed by atoms with Crippen LogP contribution in [0.5, 0.6) is 0 Å². The summed E-state index contributed by atoms with van der Waals surface area (Å²) in [6.07, 6.45) is 2.54. The fraction of sp³-hybridized carbons (Fsp3) is 0.240. The number of halogens is 2. The lowest BCUT2D eigenvalue weighted by molar-refractivity contribution is -0.180. The number of amides is 3. The van der Waals surface area contributed by atoms with Gasteiger partial charge in [0.25, 0.3) is 11.8 Å². The lowest BCUT2D eigenvalue weighted by Gasteiger charge is -2.43. The van der Waals surface area contributed by atoms with Crippen molar-refractivity contribution in [1.82, 2.24) is 15.2 Å². The van der Waals surface area contributed by atoms with Gasteiger partial charge in [0.05, 0.1) is 30.2 Å². The van der Waals surface area contributed by atoms with E-state index in [9.17, 15) is 23.2 Å². The van der Waals surface area contributed by atoms with Gasteiger partial charge in [-0.15, -0.1) is 0 Å². The number of hydrogen-bond acceptors (Lipinski definition) is 5. The van der Waals surface area contributed by atoms with Gasteiger partial charge in [-0.05, 0) is 53.4 Å². The van der Waals surface area contributed by atoms with Crippen LogP contribution in [-0.4, -0.2) is 52.7 Å². The number of benzene rings is 2. The van der Waals surface area contributed by atoms with Gasteiger partial charge in [0.1, 0.15) is 0 Å². The molecule has 1 unspecified atom stereocenters. The lowest BCUT2D eigenvalue weighted by atomic mass is 9.95. The Morgan fingerprint density at radius 1 is 1.17 bits per heavy atom. The molecule has 5 rings (SSSR count). The van der Waals surface area contributed by atoms with Crippen LogP contribution in [-0.2, 0) is 16.0 Å². The second-order valence-corrected chi connectivity index (χ2v) is 8.51. The second kappa shape index (κ2) is 8.43. The molecule has 0 bridgehead atoms. The summed E-state index contributed by atoms with van der Waals surface area (Å²) in [5.41, 5.74) is 4.42. The molecule has 2 aliphatic rings. The van der Waals surface area contributed by atoms with Gasteiger partial charge in [0.2, 0.25) is 11.8 Å². The summed E-state index contributed by atoms with van der Waals surface area (Å²) in [7, 11) is 0. The first-order valence-corrected chi connectivity index (χ1v) is 10.9. The van der Waals surface area contributed by atoms with Gasteiger partial charge < -0.3 is 15.5 Å². The molecule has 35 heavy (non-hydrogen) atoms. The number of pyridine rings is 1. The minimum atomic E-state index is -3.24. The topological polar surface area (TPSA) is 115 Å². The van der Waals surface area contributed by atoms with E-state index < -0.39 is 36.9 Å². The zero-order valence-electron chi connectivity index (χ0n) is 18.3. The van der Waals surface area contributed by atoms with Crippen molar-refractivity contribution in [2.75, 3.05) is 18.4 Å². The number of nitrogens with one attached hydrogen (secondary N) is 2. The fourth-order valence-corrected chi connectivity index (χ4v) is 4.36. The van der Waals surface area contributed by atoms with Gasteiger partial charge in [-0.2, -0.15) is 5.26 Å². The maximum absolute atomic E-state index is 13.4. The number of carbonyl (C=O) groups excluding carboxylic acids is 3. The summed E-state index contributed by atoms with van der Waals surface area (Å²) in [5.74, 6) is -4.57. The van der Waals surface area contributed by atoms with E-state index in [2.05, 4.69) is 15.6 Å². The molecule has 0 radical (unpaired) electrons. The average molecular weight is 475 g/mol. The molecule has 0 spiro atoms. The Balaban J connectivity index is 1.37. The van der Waals surface area contributed by atoms with Crippen LogP contribution in [0, 0.1) is 11.3 Å². The van der Waals surface area contributed by atoms with Gasteiger partial charge in [0, 0.05) is 23.7 Å². The van der Waals surface area contributed by atoms with Crippen molar-refractivity contribution in [3.63, 3.8) is 0 Å². The fourth-order valence-electron chi connectivity index (χ4n) is 4.36. The van der Waals surface area contributed by atoms with Crippen molar-refractivity contribution in [2.45, 2.75) is 24.8 Å². The lowest BCUT2D eigenvalue weighted by Crippen LogP contribution is -2.67. The van der Waals surface area contributed by atoms with Crippen LogP contribution in [0.1, 0.15) is 22.3 Å². The Bertz CT molecular complexity index is 1430. The molecule has 0 aliphatic carbocycles. The first-order chi connectivity index (χ1) is 16.8. The number of fused-ring (bicyclic) bond motifs is 2. The van der Waals surface area contributed by atoms with E-state index in [1.165, 1.54) is 18.3 Å². The second-order valence-electron chi connectivity index (χ2n) is 8.51. The van der Waals surface area contributed by atoms with Crippen molar-refractivity contribution >= 4 is 34.3 Å². The number of aromatic nitrogens is 1. The molecule has 1 aromatic heterocycles. The van der Waals surface area contributed by atoms with Crippen molar-refractivity contribution in [3.05, 3.63) is 59.8 Å². The molecule has 1 saturated heterocycles. The largest absolute Gasteiger partial charge is 0.343 e. The third-order valence-corrected chi connectivity index (χ3v) is 6.26. The highest BCUT2D eigenvalue weighted by atomic mass is 19.3. The van der Waals surface area contributed by atoms with Crippen LogP contribution >= 0.6 is 0 Å². The standard InChI is InChI=1S/C25H19F2N5O3/c26-25(27)13-32(21(25)11-28)23(34)12-30-24(35)17-7-8-29-20-5-2-15(10-18(17)20)14-1-4-19-16(9-14)3-6-22(33)31-19/h1-2,4-5,7-10,21H,3,6,12-13H2,(H,30,35)(H,31,33). The molecular weight excluding hydrogens is 456 g/mol. The molecule has 8 nitrogen and oxygen atoms in total. The maximum Gasteiger partial charge on any atom is 0.298 e. The molecule has 1 fully saturated rings. The zero-order chi connectivity index (χ0) is 24.7. The van der Waals surface area contributed by atoms with Crippen molar-refractivity contribution in [3.8, 4) is 17.2 Å². The van der Waals surface area contributed by atoms with E-state index in [4.69, 9.17) is 5.26 Å². The monoisotopic (exact) mass is 475 g/mol. The van der Waals surface area contributed by atoms with E-state index in [-0.39, 0.29) is 11.5 Å². The summed E-state index contributed by atoms with van der Waals surface area (Å²) < 4.78 is 26.8. The summed E-state index contributed by atoms with van der Waals surface area (Å²) in [6, 6.07) is 12.3. The van der Waals surface area contributed by atoms with Gasteiger partial charge in [-0.25, -0.2) is 8.78 Å². The van der Waals surface area contributed by atoms with Crippen LogP contribution in [0.2, 0.25) is 0 Å². The Hall–Kier alpha value is -4.39. The highest BCUT2D eigenvalue weighted by Gasteiger charge is 2.57. The smallest absolute Gasteiger partial charge is 0.298 e. The molecular formula is C25H19F2N5O3. The molecule has 0 saturated carbocycles. The Kier molecular flexibility index (Phi) is 5.40. The van der Waals surface area contributed by atoms with Crippen LogP contribution in [0.15, 0.2) is 48.7 Å². The number of rotatable bonds is 4. The quantitative estimate of drug-likeness (QED) is 0.602. The van der Waals surface area contributed by atoms with Gasteiger partial charge in [0.15, 0.2) is 6.04 Å². The highest BCUT2D eigenvalue weighted by Crippen LogP contribution is 2.34. The van der Waals surface area contributed by atoms with E-state index in [0.717, 1.165) is 27.3 Å². The van der Waals surface area contributed by atoms with Gasteiger partial charge >= 0.3 is 0 Å². The molecule has 2 aromatic carbocycles. The maximum atomic E-state index is 13.4. The van der Waals surface area contributed by atoms with E-state index in [1.807, 2.05) is 30.3 Å². The van der Waals surface area contributed by atoms with Crippen molar-refractivity contribution < 1.29 is 23.2 Å². The number of anilines is 1. The molecule has 2 N–H and O–H groups in total. The number of carbonyl (C=O) groups is 3. The first-order valence-electron chi connectivity index (χ1n) is 10.9. The molecule has 3 amide bonds. The summed E-state index contributed by atoms with van der Waals surface area (Å²) in [6.45, 7) is -1.35. The molecule has 1 atom stereocenters. The third-order valence-electron chi connectivity index (χ3n) is 6.26. The Morgan fingerprint density at radius 3 is 2.71 bits per heavy atom. The highest BCUT2D eigenvalue weighted by molar-refractivity contribution is 6.07. The third kappa shape index (κ3) is 4.05. The van der Waals surface area contributed by atoms with Crippen LogP contribution < -0.4 is 10.6 Å². The van der Waals surface area contributed by atoms with E-state index >= 15 is 0 Å². The number of nitriles is 1. The predicted molar refractivity (Wildman–Crippen MR) is 123 cm³/mol. The summed E-state index contributed by atoms with van der Waals surface area (Å²) in [5, 5.41) is 14.8. The SMILES string of the molecule is N#CC1N(C(=O)CNC(=O)c2ccnc3ccc(-c4ccc5c(c4)CCC(=O)N5)cc23)CC1(F)F. The zero-order valence-corrected chi connectivity index (χ0v) is 18.3. The number of hydrogen-bond donors (Lipinski definition) is 2. The molecule has 176 valence electrons. The number of likely N-dealkylation sites (tertiary alicyclic amines) is 1. The number of aryl methyl sites for hydroxylation is 1. The normalized spacial score (nSPS) is 18.1. The van der Waals surface area contributed by atoms with Crippen molar-refractivity contribution in [2.24, 2.45) is 0 Å². The van der Waals surface area contributed by atoms with E-state index in [1.54, 1.807) is 6.07 Å². The molecule has 3 heterocycles. The van der Waals surface area contributed by atoms with Crippen LogP contribution in [0.4, 0.5) is 14.5 Å². The van der Waals surface area contributed by atoms with Crippen LogP contribution in [0.25, 0.3) is 22.0 Å². The van der Waals surface area contributed by atoms with Gasteiger partial charge in [-0.3, -0.25) is 19.4 Å². The molecule has 2 aliphatic heterocycles. The Labute approximate surface area is 198 Å². The summed E-state index contributed by atoms with van der Waals surface area (Å²) in [4.78, 5) is 41.8.